The van der Waals surface area contributed by atoms with Crippen molar-refractivity contribution in [1.29, 1.82) is 5.26 Å². The number of hydrogen-bond acceptors (Lipinski definition) is 6. The maximum Gasteiger partial charge on any atom is 0.254 e. The number of anilines is 1. The molecule has 2 N–H and O–H groups in total. The van der Waals surface area contributed by atoms with Gasteiger partial charge in [-0.15, -0.1) is 23.1 Å². The number of benzene rings is 1. The Balaban J connectivity index is 0.000000540. The van der Waals surface area contributed by atoms with Crippen molar-refractivity contribution in [3.05, 3.63) is 64.0 Å². The van der Waals surface area contributed by atoms with Gasteiger partial charge in [0.25, 0.3) is 5.91 Å². The van der Waals surface area contributed by atoms with Crippen LogP contribution in [0, 0.1) is 17.2 Å². The first-order valence-electron chi connectivity index (χ1n) is 12.3. The van der Waals surface area contributed by atoms with Crippen molar-refractivity contribution in [1.82, 2.24) is 5.32 Å². The Morgan fingerprint density at radius 3 is 2.31 bits per heavy atom. The van der Waals surface area contributed by atoms with Gasteiger partial charge in [0, 0.05) is 27.8 Å². The van der Waals surface area contributed by atoms with Crippen molar-refractivity contribution in [2.75, 3.05) is 11.1 Å². The van der Waals surface area contributed by atoms with Gasteiger partial charge in [-0.3, -0.25) is 9.59 Å². The quantitative estimate of drug-likeness (QED) is 0.332. The molecule has 2 aromatic rings. The van der Waals surface area contributed by atoms with Crippen LogP contribution in [-0.2, 0) is 9.59 Å². The molecule has 0 spiro atoms. The molecule has 0 fully saturated rings. The van der Waals surface area contributed by atoms with Gasteiger partial charge in [-0.2, -0.15) is 5.26 Å². The van der Waals surface area contributed by atoms with Gasteiger partial charge in [-0.25, -0.2) is 0 Å². The van der Waals surface area contributed by atoms with Gasteiger partial charge in [-0.05, 0) is 37.4 Å². The topological polar surface area (TPSA) is 82.0 Å². The van der Waals surface area contributed by atoms with Gasteiger partial charge in [0.15, 0.2) is 0 Å². The van der Waals surface area contributed by atoms with Crippen molar-refractivity contribution in [2.24, 2.45) is 5.92 Å². The number of carbonyl (C=O) groups excluding carboxylic acids is 2. The Morgan fingerprint density at radius 1 is 1.09 bits per heavy atom. The average molecular weight is 512 g/mol. The summed E-state index contributed by atoms with van der Waals surface area (Å²) in [6, 6.07) is 15.5. The lowest BCUT2D eigenvalue weighted by Gasteiger charge is -2.37. The van der Waals surface area contributed by atoms with E-state index in [0.29, 0.717) is 17.0 Å². The number of unbranched alkanes of at least 4 members (excludes halogenated alkanes) is 4. The summed E-state index contributed by atoms with van der Waals surface area (Å²) in [5.74, 6) is -0.649. The number of allylic oxidation sites excluding steroid dienone is 1. The van der Waals surface area contributed by atoms with Gasteiger partial charge in [-0.1, -0.05) is 70.2 Å². The smallest absolute Gasteiger partial charge is 0.254 e. The third kappa shape index (κ3) is 8.87. The second-order valence-corrected chi connectivity index (χ2v) is 10.8. The molecule has 0 aliphatic carbocycles. The number of thioether (sulfide) groups is 1. The van der Waals surface area contributed by atoms with Crippen molar-refractivity contribution >= 4 is 40.5 Å². The molecule has 0 saturated carbocycles. The molecule has 1 aromatic heterocycles. The largest absolute Gasteiger partial charge is 0.375 e. The van der Waals surface area contributed by atoms with Crippen LogP contribution in [0.15, 0.2) is 59.1 Å². The first kappa shape index (κ1) is 28.7. The third-order valence-corrected chi connectivity index (χ3v) is 8.01. The summed E-state index contributed by atoms with van der Waals surface area (Å²) in [5, 5.41) is 17.9. The molecule has 1 amide bonds. The molecule has 188 valence electrons. The van der Waals surface area contributed by atoms with E-state index in [1.54, 1.807) is 0 Å². The number of nitriles is 1. The van der Waals surface area contributed by atoms with Crippen LogP contribution < -0.4 is 10.6 Å². The van der Waals surface area contributed by atoms with E-state index in [9.17, 15) is 14.9 Å². The SMILES string of the molecule is CC(=O)CSC1NC(C)=C(C(=O)Nc2ccccc2)C(c2cccs2)C1C#N.CCCCCCC. The minimum Gasteiger partial charge on any atom is -0.375 e. The number of thiophene rings is 1. The molecule has 35 heavy (non-hydrogen) atoms. The molecule has 3 rings (SSSR count). The highest BCUT2D eigenvalue weighted by Gasteiger charge is 2.41. The van der Waals surface area contributed by atoms with Gasteiger partial charge < -0.3 is 10.6 Å². The van der Waals surface area contributed by atoms with Crippen molar-refractivity contribution in [3.8, 4) is 6.07 Å². The lowest BCUT2D eigenvalue weighted by atomic mass is 9.81. The standard InChI is InChI=1S/C21H21N3O2S2.C7H16/c1-13(25)12-28-21-16(11-22)19(17-9-6-10-27-17)18(14(2)23-21)20(26)24-15-7-4-3-5-8-15;1-3-5-7-6-4-2/h3-10,16,19,21,23H,12H2,1-2H3,(H,24,26);3-7H2,1-2H3. The van der Waals surface area contributed by atoms with Crippen LogP contribution in [0.5, 0.6) is 0 Å². The molecule has 2 heterocycles. The van der Waals surface area contributed by atoms with E-state index in [2.05, 4.69) is 30.6 Å². The number of carbonyl (C=O) groups is 2. The number of nitrogens with one attached hydrogen (secondary N) is 2. The van der Waals surface area contributed by atoms with Crippen LogP contribution in [0.2, 0.25) is 0 Å². The number of para-hydroxylation sites is 1. The van der Waals surface area contributed by atoms with Crippen LogP contribution >= 0.6 is 23.1 Å². The molecule has 1 aliphatic rings. The predicted octanol–water partition coefficient (Wildman–Crippen LogP) is 7.11. The van der Waals surface area contributed by atoms with E-state index in [0.717, 1.165) is 10.6 Å². The van der Waals surface area contributed by atoms with Gasteiger partial charge >= 0.3 is 0 Å². The molecular weight excluding hydrogens is 474 g/mol. The second-order valence-electron chi connectivity index (χ2n) is 8.65. The fourth-order valence-corrected chi connectivity index (χ4v) is 5.94. The Kier molecular flexibility index (Phi) is 12.6. The van der Waals surface area contributed by atoms with Crippen LogP contribution in [0.3, 0.4) is 0 Å². The van der Waals surface area contributed by atoms with E-state index < -0.39 is 5.92 Å². The highest BCUT2D eigenvalue weighted by atomic mass is 32.2. The van der Waals surface area contributed by atoms with Crippen molar-refractivity contribution < 1.29 is 9.59 Å². The molecule has 0 radical (unpaired) electrons. The number of Topliss-reactive ketones (excluding diaryl/α,β-unsaturated/α-hetero) is 1. The Hall–Kier alpha value is -2.56. The third-order valence-electron chi connectivity index (χ3n) is 5.71. The normalized spacial score (nSPS) is 19.1. The lowest BCUT2D eigenvalue weighted by Crippen LogP contribution is -2.43. The summed E-state index contributed by atoms with van der Waals surface area (Å²) < 4.78 is 0. The zero-order valence-corrected chi connectivity index (χ0v) is 22.8. The molecule has 5 nitrogen and oxygen atoms in total. The zero-order chi connectivity index (χ0) is 25.6. The maximum atomic E-state index is 13.1. The number of amides is 1. The van der Waals surface area contributed by atoms with E-state index in [1.165, 1.54) is 62.1 Å². The summed E-state index contributed by atoms with van der Waals surface area (Å²) in [4.78, 5) is 25.6. The Morgan fingerprint density at radius 2 is 1.77 bits per heavy atom. The van der Waals surface area contributed by atoms with Crippen LogP contribution in [0.4, 0.5) is 5.69 Å². The summed E-state index contributed by atoms with van der Waals surface area (Å²) in [7, 11) is 0. The van der Waals surface area contributed by atoms with Gasteiger partial charge in [0.2, 0.25) is 0 Å². The van der Waals surface area contributed by atoms with Crippen LogP contribution in [0.1, 0.15) is 70.6 Å². The Labute approximate surface area is 218 Å². The second kappa shape index (κ2) is 15.4. The minimum atomic E-state index is -0.469. The van der Waals surface area contributed by atoms with Crippen LogP contribution in [0.25, 0.3) is 0 Å². The first-order valence-corrected chi connectivity index (χ1v) is 14.2. The number of nitrogens with zero attached hydrogens (tertiary/aromatic N) is 1. The van der Waals surface area contributed by atoms with Crippen LogP contribution in [-0.4, -0.2) is 22.8 Å². The summed E-state index contributed by atoms with van der Waals surface area (Å²) in [5.41, 5.74) is 2.01. The molecule has 3 unspecified atom stereocenters. The van der Waals surface area contributed by atoms with Gasteiger partial charge in [0.05, 0.1) is 23.1 Å². The Bertz CT molecular complexity index is 993. The monoisotopic (exact) mass is 511 g/mol. The van der Waals surface area contributed by atoms with Gasteiger partial charge in [0.1, 0.15) is 5.78 Å². The first-order chi connectivity index (χ1) is 16.9. The molecule has 3 atom stereocenters. The molecule has 1 aliphatic heterocycles. The average Bonchev–Trinajstić information content (AvgIpc) is 3.38. The number of hydrogen-bond donors (Lipinski definition) is 2. The van der Waals surface area contributed by atoms with E-state index in [-0.39, 0.29) is 23.0 Å². The van der Waals surface area contributed by atoms with E-state index in [1.807, 2.05) is 54.8 Å². The number of ketones is 1. The molecule has 0 bridgehead atoms. The fraction of sp³-hybridized carbons (Fsp3) is 0.464. The lowest BCUT2D eigenvalue weighted by molar-refractivity contribution is -0.115. The summed E-state index contributed by atoms with van der Waals surface area (Å²) >= 11 is 2.95. The number of rotatable bonds is 10. The zero-order valence-electron chi connectivity index (χ0n) is 21.2. The highest BCUT2D eigenvalue weighted by molar-refractivity contribution is 8.00. The summed E-state index contributed by atoms with van der Waals surface area (Å²) in [6.07, 6.45) is 7.01. The minimum absolute atomic E-state index is 0.0606. The maximum absolute atomic E-state index is 13.1. The van der Waals surface area contributed by atoms with Crippen molar-refractivity contribution in [2.45, 2.75) is 71.1 Å². The molecule has 0 saturated heterocycles. The highest BCUT2D eigenvalue weighted by Crippen LogP contribution is 2.43. The summed E-state index contributed by atoms with van der Waals surface area (Å²) in [6.45, 7) is 7.89. The van der Waals surface area contributed by atoms with Crippen molar-refractivity contribution in [3.63, 3.8) is 0 Å². The molecule has 7 heteroatoms. The molecular formula is C28H37N3O2S2. The molecule has 1 aromatic carbocycles. The van der Waals surface area contributed by atoms with E-state index >= 15 is 0 Å². The predicted molar refractivity (Wildman–Crippen MR) is 148 cm³/mol. The van der Waals surface area contributed by atoms with E-state index in [4.69, 9.17) is 0 Å². The fourth-order valence-electron chi connectivity index (χ4n) is 3.96.